The van der Waals surface area contributed by atoms with Gasteiger partial charge in [-0.15, -0.1) is 11.3 Å². The third kappa shape index (κ3) is 3.79. The van der Waals surface area contributed by atoms with Crippen LogP contribution in [-0.4, -0.2) is 22.6 Å². The first-order chi connectivity index (χ1) is 13.5. The topological polar surface area (TPSA) is 70.3 Å². The predicted octanol–water partition coefficient (Wildman–Crippen LogP) is 5.76. The van der Waals surface area contributed by atoms with E-state index < -0.39 is 6.04 Å². The van der Waals surface area contributed by atoms with Crippen LogP contribution in [0.5, 0.6) is 0 Å². The molecule has 0 radical (unpaired) electrons. The van der Waals surface area contributed by atoms with Crippen LogP contribution in [0.2, 0.25) is 0 Å². The van der Waals surface area contributed by atoms with Crippen molar-refractivity contribution in [3.8, 4) is 11.3 Å². The number of hydrogen-bond donors (Lipinski definition) is 0. The molecule has 1 atom stereocenters. The Hall–Kier alpha value is -2.71. The van der Waals surface area contributed by atoms with Gasteiger partial charge < -0.3 is 0 Å². The van der Waals surface area contributed by atoms with Gasteiger partial charge in [0.1, 0.15) is 0 Å². The molecule has 2 heterocycles. The zero-order valence-corrected chi connectivity index (χ0v) is 17.6. The summed E-state index contributed by atoms with van der Waals surface area (Å²) in [5, 5.41) is 16.5. The van der Waals surface area contributed by atoms with Crippen LogP contribution in [0.4, 0.5) is 10.8 Å². The van der Waals surface area contributed by atoms with Gasteiger partial charge in [-0.2, -0.15) is 20.3 Å². The molecule has 0 aliphatic carbocycles. The molecule has 0 saturated carbocycles. The summed E-state index contributed by atoms with van der Waals surface area (Å²) in [6.45, 7) is 3.78. The van der Waals surface area contributed by atoms with E-state index in [0.29, 0.717) is 16.5 Å². The summed E-state index contributed by atoms with van der Waals surface area (Å²) in [5.74, 6) is -0.245. The number of nitrogens with zero attached hydrogens (tertiary/aromatic N) is 5. The Bertz CT molecular complexity index is 1070. The molecule has 1 aromatic heterocycles. The minimum absolute atomic E-state index is 0.245. The second kappa shape index (κ2) is 7.73. The van der Waals surface area contributed by atoms with Crippen molar-refractivity contribution in [2.75, 3.05) is 5.01 Å². The number of aromatic nitrogens is 1. The highest BCUT2D eigenvalue weighted by Gasteiger charge is 2.36. The zero-order chi connectivity index (χ0) is 19.7. The van der Waals surface area contributed by atoms with Crippen molar-refractivity contribution in [3.05, 3.63) is 63.9 Å². The van der Waals surface area contributed by atoms with Crippen LogP contribution in [-0.2, 0) is 4.79 Å². The Balaban J connectivity index is 1.53. The fourth-order valence-corrected chi connectivity index (χ4v) is 3.73. The third-order valence-corrected chi connectivity index (χ3v) is 5.58. The third-order valence-electron chi connectivity index (χ3n) is 4.23. The molecule has 4 rings (SSSR count). The number of carbonyl (C=O) groups excluding carboxylic acids is 1. The van der Waals surface area contributed by atoms with Crippen molar-refractivity contribution < 1.29 is 4.79 Å². The molecule has 140 valence electrons. The summed E-state index contributed by atoms with van der Waals surface area (Å²) >= 11 is 4.80. The first-order valence-electron chi connectivity index (χ1n) is 8.59. The molecule has 0 saturated heterocycles. The maximum absolute atomic E-state index is 12.8. The van der Waals surface area contributed by atoms with Gasteiger partial charge in [-0.05, 0) is 38.1 Å². The minimum atomic E-state index is -0.721. The number of hydrogen-bond acceptors (Lipinski definition) is 6. The molecule has 3 aromatic rings. The average molecular weight is 454 g/mol. The van der Waals surface area contributed by atoms with E-state index in [-0.39, 0.29) is 5.91 Å². The molecular weight excluding hydrogens is 438 g/mol. The Labute approximate surface area is 174 Å². The lowest BCUT2D eigenvalue weighted by atomic mass is 10.2. The lowest BCUT2D eigenvalue weighted by Crippen LogP contribution is -2.29. The average Bonchev–Trinajstić information content (AvgIpc) is 3.27. The van der Waals surface area contributed by atoms with Crippen molar-refractivity contribution >= 4 is 49.7 Å². The highest BCUT2D eigenvalue weighted by molar-refractivity contribution is 9.10. The van der Waals surface area contributed by atoms with Crippen LogP contribution in [0.15, 0.2) is 73.7 Å². The summed E-state index contributed by atoms with van der Waals surface area (Å²) in [5.41, 5.74) is 4.23. The molecule has 2 aromatic carbocycles. The van der Waals surface area contributed by atoms with Crippen LogP contribution >= 0.6 is 27.3 Å². The number of benzene rings is 2. The maximum atomic E-state index is 12.8. The lowest BCUT2D eigenvalue weighted by molar-refractivity contribution is -0.117. The van der Waals surface area contributed by atoms with Gasteiger partial charge in [0.05, 0.1) is 17.1 Å². The van der Waals surface area contributed by atoms with E-state index in [2.05, 4.69) is 36.2 Å². The fraction of sp³-hybridized carbons (Fsp3) is 0.150. The number of thiazole rings is 1. The van der Waals surface area contributed by atoms with Crippen molar-refractivity contribution in [1.29, 1.82) is 0 Å². The zero-order valence-electron chi connectivity index (χ0n) is 15.2. The van der Waals surface area contributed by atoms with Crippen LogP contribution in [0, 0.1) is 6.92 Å². The lowest BCUT2D eigenvalue weighted by Gasteiger charge is -2.08. The summed E-state index contributed by atoms with van der Waals surface area (Å²) in [6.07, 6.45) is 0. The minimum Gasteiger partial charge on any atom is -0.269 e. The van der Waals surface area contributed by atoms with Crippen molar-refractivity contribution in [1.82, 2.24) is 4.98 Å². The van der Waals surface area contributed by atoms with Gasteiger partial charge in [0, 0.05) is 15.4 Å². The second-order valence-electron chi connectivity index (χ2n) is 6.37. The Morgan fingerprint density at radius 2 is 1.79 bits per heavy atom. The monoisotopic (exact) mass is 453 g/mol. The molecule has 0 spiro atoms. The van der Waals surface area contributed by atoms with Gasteiger partial charge in [0.25, 0.3) is 5.91 Å². The molecule has 0 bridgehead atoms. The van der Waals surface area contributed by atoms with E-state index in [1.807, 2.05) is 60.8 Å². The van der Waals surface area contributed by atoms with Crippen LogP contribution in [0.1, 0.15) is 12.5 Å². The second-order valence-corrected chi connectivity index (χ2v) is 8.12. The first kappa shape index (κ1) is 18.6. The number of rotatable bonds is 4. The highest BCUT2D eigenvalue weighted by atomic mass is 79.9. The normalized spacial score (nSPS) is 16.8. The molecule has 8 heteroatoms. The van der Waals surface area contributed by atoms with Crippen molar-refractivity contribution in [2.45, 2.75) is 19.9 Å². The maximum Gasteiger partial charge on any atom is 0.282 e. The van der Waals surface area contributed by atoms with Crippen molar-refractivity contribution in [2.24, 2.45) is 15.3 Å². The molecule has 0 N–H and O–H groups in total. The number of hydrazone groups is 1. The molecule has 1 aliphatic rings. The number of carbonyl (C=O) groups is 1. The van der Waals surface area contributed by atoms with Gasteiger partial charge in [0.2, 0.25) is 5.13 Å². The molecular formula is C20H16BrN5OS. The highest BCUT2D eigenvalue weighted by Crippen LogP contribution is 2.31. The van der Waals surface area contributed by atoms with Gasteiger partial charge in [-0.1, -0.05) is 45.8 Å². The summed E-state index contributed by atoms with van der Waals surface area (Å²) in [4.78, 5) is 17.4. The molecule has 6 nitrogen and oxygen atoms in total. The van der Waals surface area contributed by atoms with Gasteiger partial charge >= 0.3 is 0 Å². The van der Waals surface area contributed by atoms with Crippen LogP contribution < -0.4 is 5.01 Å². The number of anilines is 1. The van der Waals surface area contributed by atoms with E-state index in [1.54, 1.807) is 6.92 Å². The molecule has 1 unspecified atom stereocenters. The SMILES string of the molecule is CC1=NN(c2nc(-c3ccc(Br)cc3)cs2)C(=O)C1N=Nc1ccc(C)cc1. The fourth-order valence-electron chi connectivity index (χ4n) is 2.68. The predicted molar refractivity (Wildman–Crippen MR) is 115 cm³/mol. The quantitative estimate of drug-likeness (QED) is 0.471. The summed E-state index contributed by atoms with van der Waals surface area (Å²) < 4.78 is 1.00. The summed E-state index contributed by atoms with van der Waals surface area (Å²) in [7, 11) is 0. The van der Waals surface area contributed by atoms with Crippen LogP contribution in [0.3, 0.4) is 0 Å². The largest absolute Gasteiger partial charge is 0.282 e. The number of amides is 1. The van der Waals surface area contributed by atoms with E-state index in [0.717, 1.165) is 21.3 Å². The Morgan fingerprint density at radius 3 is 2.50 bits per heavy atom. The van der Waals surface area contributed by atoms with Gasteiger partial charge in [-0.3, -0.25) is 4.79 Å². The molecule has 1 amide bonds. The van der Waals surface area contributed by atoms with Crippen LogP contribution in [0.25, 0.3) is 11.3 Å². The number of aryl methyl sites for hydroxylation is 1. The van der Waals surface area contributed by atoms with E-state index in [1.165, 1.54) is 16.3 Å². The van der Waals surface area contributed by atoms with Gasteiger partial charge in [0.15, 0.2) is 6.04 Å². The van der Waals surface area contributed by atoms with Gasteiger partial charge in [-0.25, -0.2) is 4.98 Å². The molecule has 0 fully saturated rings. The smallest absolute Gasteiger partial charge is 0.269 e. The van der Waals surface area contributed by atoms with E-state index in [4.69, 9.17) is 0 Å². The standard InChI is InChI=1S/C20H16BrN5OS/c1-12-3-9-16(10-4-12)23-24-18-13(2)25-26(19(18)27)20-22-17(11-28-20)14-5-7-15(21)8-6-14/h3-11,18H,1-2H3. The summed E-state index contributed by atoms with van der Waals surface area (Å²) in [6, 6.07) is 14.8. The van der Waals surface area contributed by atoms with E-state index in [9.17, 15) is 4.79 Å². The number of azo groups is 1. The Kier molecular flexibility index (Phi) is 5.15. The molecule has 28 heavy (non-hydrogen) atoms. The van der Waals surface area contributed by atoms with E-state index >= 15 is 0 Å². The molecule has 1 aliphatic heterocycles. The first-order valence-corrected chi connectivity index (χ1v) is 10.3. The van der Waals surface area contributed by atoms with Crippen molar-refractivity contribution in [3.63, 3.8) is 0 Å². The Morgan fingerprint density at radius 1 is 1.07 bits per heavy atom. The number of halogens is 1.